The van der Waals surface area contributed by atoms with Crippen LogP contribution in [0.2, 0.25) is 0 Å². The number of hydrogen-bond acceptors (Lipinski definition) is 5. The maximum Gasteiger partial charge on any atom is 0.297 e. The van der Waals surface area contributed by atoms with Crippen LogP contribution >= 0.6 is 0 Å². The Morgan fingerprint density at radius 3 is 2.09 bits per heavy atom. The molecule has 2 rings (SSSR count). The highest BCUT2D eigenvalue weighted by atomic mass is 32.2. The molecule has 0 aromatic heterocycles. The van der Waals surface area contributed by atoms with Crippen molar-refractivity contribution in [3.63, 3.8) is 0 Å². The fourth-order valence-electron chi connectivity index (χ4n) is 2.06. The Kier molecular flexibility index (Phi) is 4.07. The van der Waals surface area contributed by atoms with Crippen molar-refractivity contribution in [3.8, 4) is 5.75 Å². The average Bonchev–Trinajstić information content (AvgIpc) is 2.34. The summed E-state index contributed by atoms with van der Waals surface area (Å²) in [5.41, 5.74) is -0.334. The largest absolute Gasteiger partial charge is 0.325 e. The van der Waals surface area contributed by atoms with Gasteiger partial charge in [0.1, 0.15) is 4.90 Å². The van der Waals surface area contributed by atoms with Gasteiger partial charge in [-0.2, -0.15) is 16.8 Å². The molecule has 0 aliphatic carbocycles. The molecule has 23 heavy (non-hydrogen) atoms. The second-order valence-corrected chi connectivity index (χ2v) is 7.37. The quantitative estimate of drug-likeness (QED) is 0.698. The second kappa shape index (κ2) is 5.45. The number of amides is 1. The van der Waals surface area contributed by atoms with Crippen LogP contribution in [0.15, 0.2) is 34.1 Å². The Balaban J connectivity index is 3.02. The molecule has 3 N–H and O–H groups in total. The van der Waals surface area contributed by atoms with Gasteiger partial charge in [-0.3, -0.25) is 19.0 Å². The van der Waals surface area contributed by atoms with Crippen LogP contribution in [0.4, 0.5) is 5.69 Å². The first-order chi connectivity index (χ1) is 10.4. The van der Waals surface area contributed by atoms with E-state index in [9.17, 15) is 31.3 Å². The number of fused-ring (bicyclic) bond motifs is 1. The van der Waals surface area contributed by atoms with Crippen molar-refractivity contribution in [1.29, 1.82) is 0 Å². The Labute approximate surface area is 131 Å². The van der Waals surface area contributed by atoms with E-state index in [0.717, 1.165) is 25.1 Å². The van der Waals surface area contributed by atoms with E-state index in [0.29, 0.717) is 6.07 Å². The molecule has 0 heterocycles. The molecule has 1 radical (unpaired) electrons. The maximum absolute atomic E-state index is 11.9. The number of anilines is 1. The lowest BCUT2D eigenvalue weighted by Crippen LogP contribution is -2.11. The van der Waals surface area contributed by atoms with Crippen molar-refractivity contribution < 1.29 is 35.8 Å². The van der Waals surface area contributed by atoms with Gasteiger partial charge in [0.15, 0.2) is 5.75 Å². The Hall–Kier alpha value is -2.21. The predicted molar refractivity (Wildman–Crippen MR) is 78.0 cm³/mol. The van der Waals surface area contributed by atoms with E-state index in [1.165, 1.54) is 0 Å². The zero-order valence-corrected chi connectivity index (χ0v) is 13.1. The average molecular weight is 360 g/mol. The van der Waals surface area contributed by atoms with Gasteiger partial charge < -0.3 is 5.32 Å². The van der Waals surface area contributed by atoms with Crippen LogP contribution in [0.5, 0.6) is 5.75 Å². The third-order valence-corrected chi connectivity index (χ3v) is 4.68. The molecule has 11 heteroatoms. The number of carbonyl (C=O) groups is 1. The zero-order chi connectivity index (χ0) is 17.6. The first-order valence-corrected chi connectivity index (χ1v) is 8.79. The molecule has 0 fully saturated rings. The maximum atomic E-state index is 11.9. The molecular weight excluding hydrogens is 350 g/mol. The highest BCUT2D eigenvalue weighted by molar-refractivity contribution is 7.86. The van der Waals surface area contributed by atoms with E-state index in [4.69, 9.17) is 4.55 Å². The lowest BCUT2D eigenvalue weighted by atomic mass is 10.1. The van der Waals surface area contributed by atoms with Gasteiger partial charge in [0, 0.05) is 23.8 Å². The van der Waals surface area contributed by atoms with Crippen LogP contribution in [0.3, 0.4) is 0 Å². The molecule has 9 nitrogen and oxygen atoms in total. The molecular formula is C12H10NO8S2. The molecule has 123 valence electrons. The monoisotopic (exact) mass is 360 g/mol. The van der Waals surface area contributed by atoms with E-state index in [2.05, 4.69) is 5.32 Å². The first-order valence-electron chi connectivity index (χ1n) is 5.91. The first kappa shape index (κ1) is 17.1. The molecule has 0 aliphatic rings. The smallest absolute Gasteiger partial charge is 0.297 e. The molecule has 0 aliphatic heterocycles. The number of carbonyl (C=O) groups excluding carboxylic acids is 1. The van der Waals surface area contributed by atoms with E-state index in [-0.39, 0.29) is 11.1 Å². The van der Waals surface area contributed by atoms with Gasteiger partial charge >= 0.3 is 0 Å². The Bertz CT molecular complexity index is 1020. The number of hydrogen-bond donors (Lipinski definition) is 3. The minimum atomic E-state index is -4.91. The van der Waals surface area contributed by atoms with E-state index < -0.39 is 47.1 Å². The molecule has 2 aromatic carbocycles. The molecule has 0 saturated heterocycles. The molecule has 0 spiro atoms. The van der Waals surface area contributed by atoms with Crippen molar-refractivity contribution >= 4 is 42.6 Å². The van der Waals surface area contributed by atoms with Crippen LogP contribution in [-0.4, -0.2) is 31.8 Å². The van der Waals surface area contributed by atoms with E-state index >= 15 is 0 Å². The molecule has 0 unspecified atom stereocenters. The summed E-state index contributed by atoms with van der Waals surface area (Å²) >= 11 is 0. The van der Waals surface area contributed by atoms with Crippen molar-refractivity contribution in [2.24, 2.45) is 0 Å². The van der Waals surface area contributed by atoms with Gasteiger partial charge in [-0.25, -0.2) is 0 Å². The van der Waals surface area contributed by atoms with Crippen LogP contribution in [-0.2, 0) is 30.1 Å². The topological polar surface area (TPSA) is 158 Å². The lowest BCUT2D eigenvalue weighted by Gasteiger charge is -2.12. The van der Waals surface area contributed by atoms with Gasteiger partial charge in [-0.15, -0.1) is 0 Å². The number of benzene rings is 2. The summed E-state index contributed by atoms with van der Waals surface area (Å²) in [6.45, 7) is 1.09. The summed E-state index contributed by atoms with van der Waals surface area (Å²) in [6.07, 6.45) is 0. The minimum absolute atomic E-state index is 0.209. The van der Waals surface area contributed by atoms with E-state index in [1.807, 2.05) is 0 Å². The number of nitrogens with one attached hydrogen (secondary N) is 1. The normalized spacial score (nSPS) is 12.3. The molecule has 2 aromatic rings. The van der Waals surface area contributed by atoms with E-state index in [1.54, 1.807) is 0 Å². The van der Waals surface area contributed by atoms with Crippen LogP contribution in [0, 0.1) is 0 Å². The third kappa shape index (κ3) is 3.42. The van der Waals surface area contributed by atoms with Gasteiger partial charge in [-0.1, -0.05) is 0 Å². The summed E-state index contributed by atoms with van der Waals surface area (Å²) < 4.78 is 64.0. The summed E-state index contributed by atoms with van der Waals surface area (Å²) in [4.78, 5) is 9.46. The van der Waals surface area contributed by atoms with Crippen molar-refractivity contribution in [3.05, 3.63) is 24.3 Å². The summed E-state index contributed by atoms with van der Waals surface area (Å²) in [5.74, 6) is -1.53. The fraction of sp³-hybridized carbons (Fsp3) is 0.0833. The molecule has 0 atom stereocenters. The SMILES string of the molecule is CC(=O)Nc1ccc2c([O])cc(S(=O)(=O)O)cc2c1S(=O)(=O)O. The predicted octanol–water partition coefficient (Wildman–Crippen LogP) is 1.44. The molecule has 0 bridgehead atoms. The third-order valence-electron chi connectivity index (χ3n) is 2.89. The molecule has 0 saturated carbocycles. The van der Waals surface area contributed by atoms with Gasteiger partial charge in [0.2, 0.25) is 5.91 Å². The fourth-order valence-corrected chi connectivity index (χ4v) is 3.43. The standard InChI is InChI=1S/C12H10NO8S2/c1-6(14)13-10-3-2-8-9(12(10)23(19,20)21)4-7(5-11(8)15)22(16,17)18/h2-5H,1H3,(H,13,14)(H,16,17,18)(H,19,20,21). The Morgan fingerprint density at radius 1 is 1.00 bits per heavy atom. The van der Waals surface area contributed by atoms with Gasteiger partial charge in [-0.05, 0) is 18.2 Å². The van der Waals surface area contributed by atoms with Crippen molar-refractivity contribution in [2.45, 2.75) is 16.7 Å². The Morgan fingerprint density at radius 2 is 1.61 bits per heavy atom. The van der Waals surface area contributed by atoms with Crippen molar-refractivity contribution in [1.82, 2.24) is 0 Å². The second-order valence-electron chi connectivity index (χ2n) is 4.59. The van der Waals surface area contributed by atoms with Crippen LogP contribution in [0.1, 0.15) is 6.92 Å². The highest BCUT2D eigenvalue weighted by Gasteiger charge is 2.24. The highest BCUT2D eigenvalue weighted by Crippen LogP contribution is 2.37. The zero-order valence-electron chi connectivity index (χ0n) is 11.5. The summed E-state index contributed by atoms with van der Waals surface area (Å²) in [7, 11) is -9.69. The number of rotatable bonds is 3. The van der Waals surface area contributed by atoms with Gasteiger partial charge in [0.05, 0.1) is 10.6 Å². The molecule has 1 amide bonds. The lowest BCUT2D eigenvalue weighted by molar-refractivity contribution is -0.114. The minimum Gasteiger partial charge on any atom is -0.325 e. The van der Waals surface area contributed by atoms with Crippen molar-refractivity contribution in [2.75, 3.05) is 5.32 Å². The van der Waals surface area contributed by atoms with Crippen LogP contribution in [0.25, 0.3) is 10.8 Å². The summed E-state index contributed by atoms with van der Waals surface area (Å²) in [6, 6.07) is 3.58. The van der Waals surface area contributed by atoms with Gasteiger partial charge in [0.25, 0.3) is 20.2 Å². The summed E-state index contributed by atoms with van der Waals surface area (Å²) in [5, 5.41) is 13.4. The van der Waals surface area contributed by atoms with Crippen LogP contribution < -0.4 is 5.32 Å².